The lowest BCUT2D eigenvalue weighted by atomic mass is 10.2. The summed E-state index contributed by atoms with van der Waals surface area (Å²) in [6.45, 7) is 1.95. The number of halogens is 1. The third kappa shape index (κ3) is 3.08. The second-order valence-electron chi connectivity index (χ2n) is 3.78. The molecule has 96 valence electrons. The number of hydrogen-bond acceptors (Lipinski definition) is 5. The van der Waals surface area contributed by atoms with E-state index in [4.69, 9.17) is 10.3 Å². The Morgan fingerprint density at radius 2 is 2.22 bits per heavy atom. The molecule has 2 N–H and O–H groups in total. The molecule has 0 amide bonds. The highest BCUT2D eigenvalue weighted by Gasteiger charge is 2.13. The number of benzene rings is 1. The normalized spacial score (nSPS) is 12.6. The summed E-state index contributed by atoms with van der Waals surface area (Å²) in [5, 5.41) is 3.82. The SMILES string of the molecule is CC[C@@H](N)c1nc(CSc2ccccc2F)no1. The fraction of sp³-hybridized carbons (Fsp3) is 0.333. The average molecular weight is 267 g/mol. The molecule has 4 nitrogen and oxygen atoms in total. The predicted molar refractivity (Wildman–Crippen MR) is 67.5 cm³/mol. The van der Waals surface area contributed by atoms with Crippen LogP contribution in [0.15, 0.2) is 33.7 Å². The Morgan fingerprint density at radius 1 is 1.44 bits per heavy atom. The van der Waals surface area contributed by atoms with Crippen LogP contribution in [0, 0.1) is 5.82 Å². The maximum atomic E-state index is 13.4. The van der Waals surface area contributed by atoms with Crippen molar-refractivity contribution in [2.45, 2.75) is 30.0 Å². The van der Waals surface area contributed by atoms with Crippen molar-refractivity contribution in [3.8, 4) is 0 Å². The topological polar surface area (TPSA) is 64.9 Å². The molecule has 2 rings (SSSR count). The molecule has 1 heterocycles. The summed E-state index contributed by atoms with van der Waals surface area (Å²) in [6, 6.07) is 6.37. The second-order valence-corrected chi connectivity index (χ2v) is 4.80. The fourth-order valence-corrected chi connectivity index (χ4v) is 2.14. The zero-order valence-corrected chi connectivity index (χ0v) is 10.8. The monoisotopic (exact) mass is 267 g/mol. The van der Waals surface area contributed by atoms with E-state index < -0.39 is 0 Å². The standard InChI is InChI=1S/C12H14FN3OS/c1-2-9(14)12-15-11(16-17-12)7-18-10-6-4-3-5-8(10)13/h3-6,9H,2,7,14H2,1H3/t9-/m1/s1. The first kappa shape index (κ1) is 13.0. The van der Waals surface area contributed by atoms with Gasteiger partial charge < -0.3 is 10.3 Å². The van der Waals surface area contributed by atoms with E-state index in [0.717, 1.165) is 6.42 Å². The van der Waals surface area contributed by atoms with Crippen LogP contribution in [0.25, 0.3) is 0 Å². The molecular formula is C12H14FN3OS. The van der Waals surface area contributed by atoms with E-state index in [1.165, 1.54) is 17.8 Å². The Bertz CT molecular complexity index is 518. The summed E-state index contributed by atoms with van der Waals surface area (Å²) in [6.07, 6.45) is 0.738. The van der Waals surface area contributed by atoms with Crippen LogP contribution in [0.4, 0.5) is 4.39 Å². The Balaban J connectivity index is 1.98. The van der Waals surface area contributed by atoms with Gasteiger partial charge in [-0.05, 0) is 18.6 Å². The van der Waals surface area contributed by atoms with Crippen molar-refractivity contribution in [1.29, 1.82) is 0 Å². The molecule has 0 saturated carbocycles. The summed E-state index contributed by atoms with van der Waals surface area (Å²) in [7, 11) is 0. The minimum atomic E-state index is -0.239. The van der Waals surface area contributed by atoms with Crippen molar-refractivity contribution in [2.75, 3.05) is 0 Å². The molecule has 6 heteroatoms. The van der Waals surface area contributed by atoms with Crippen molar-refractivity contribution in [3.63, 3.8) is 0 Å². The van der Waals surface area contributed by atoms with Crippen LogP contribution in [-0.4, -0.2) is 10.1 Å². The van der Waals surface area contributed by atoms with Gasteiger partial charge in [-0.15, -0.1) is 11.8 Å². The van der Waals surface area contributed by atoms with Crippen molar-refractivity contribution in [2.24, 2.45) is 5.73 Å². The fourth-order valence-electron chi connectivity index (χ4n) is 1.36. The van der Waals surface area contributed by atoms with Gasteiger partial charge in [0.2, 0.25) is 5.89 Å². The van der Waals surface area contributed by atoms with Gasteiger partial charge in [-0.1, -0.05) is 24.2 Å². The average Bonchev–Trinajstić information content (AvgIpc) is 2.86. The van der Waals surface area contributed by atoms with Gasteiger partial charge in [-0.25, -0.2) is 4.39 Å². The lowest BCUT2D eigenvalue weighted by molar-refractivity contribution is 0.349. The van der Waals surface area contributed by atoms with Gasteiger partial charge in [-0.3, -0.25) is 0 Å². The third-order valence-electron chi connectivity index (χ3n) is 2.43. The van der Waals surface area contributed by atoms with Gasteiger partial charge >= 0.3 is 0 Å². The number of thioether (sulfide) groups is 1. The number of nitrogens with zero attached hydrogens (tertiary/aromatic N) is 2. The van der Waals surface area contributed by atoms with Crippen LogP contribution in [0.2, 0.25) is 0 Å². The summed E-state index contributed by atoms with van der Waals surface area (Å²) in [5.41, 5.74) is 5.78. The highest BCUT2D eigenvalue weighted by atomic mass is 32.2. The highest BCUT2D eigenvalue weighted by Crippen LogP contribution is 2.24. The smallest absolute Gasteiger partial charge is 0.243 e. The number of hydrogen-bond donors (Lipinski definition) is 1. The molecule has 0 fully saturated rings. The molecule has 0 spiro atoms. The van der Waals surface area contributed by atoms with E-state index in [2.05, 4.69) is 10.1 Å². The predicted octanol–water partition coefficient (Wildman–Crippen LogP) is 2.91. The first-order valence-electron chi connectivity index (χ1n) is 5.66. The van der Waals surface area contributed by atoms with Gasteiger partial charge in [0.05, 0.1) is 11.8 Å². The molecular weight excluding hydrogens is 253 g/mol. The minimum absolute atomic E-state index is 0.232. The molecule has 1 aromatic carbocycles. The molecule has 0 bridgehead atoms. The summed E-state index contributed by atoms with van der Waals surface area (Å²) >= 11 is 1.33. The van der Waals surface area contributed by atoms with E-state index in [-0.39, 0.29) is 11.9 Å². The van der Waals surface area contributed by atoms with Gasteiger partial charge in [0.1, 0.15) is 5.82 Å². The maximum absolute atomic E-state index is 13.4. The van der Waals surface area contributed by atoms with Gasteiger partial charge in [-0.2, -0.15) is 4.98 Å². The lowest BCUT2D eigenvalue weighted by Gasteiger charge is -2.00. The third-order valence-corrected chi connectivity index (χ3v) is 3.48. The largest absolute Gasteiger partial charge is 0.338 e. The molecule has 0 aliphatic rings. The molecule has 18 heavy (non-hydrogen) atoms. The first-order chi connectivity index (χ1) is 8.70. The van der Waals surface area contributed by atoms with Crippen molar-refractivity contribution < 1.29 is 8.91 Å². The lowest BCUT2D eigenvalue weighted by Crippen LogP contribution is -2.08. The van der Waals surface area contributed by atoms with Crippen LogP contribution in [0.3, 0.4) is 0 Å². The zero-order chi connectivity index (χ0) is 13.0. The Labute approximate surface area is 109 Å². The van der Waals surface area contributed by atoms with E-state index in [9.17, 15) is 4.39 Å². The first-order valence-corrected chi connectivity index (χ1v) is 6.64. The molecule has 2 aromatic rings. The van der Waals surface area contributed by atoms with Crippen LogP contribution in [0.1, 0.15) is 31.1 Å². The Hall–Kier alpha value is -1.40. The summed E-state index contributed by atoms with van der Waals surface area (Å²) < 4.78 is 18.4. The molecule has 0 unspecified atom stereocenters. The van der Waals surface area contributed by atoms with Gasteiger partial charge in [0, 0.05) is 4.90 Å². The molecule has 0 aliphatic carbocycles. The number of rotatable bonds is 5. The Kier molecular flexibility index (Phi) is 4.33. The van der Waals surface area contributed by atoms with Gasteiger partial charge in [0.15, 0.2) is 5.82 Å². The highest BCUT2D eigenvalue weighted by molar-refractivity contribution is 7.98. The minimum Gasteiger partial charge on any atom is -0.338 e. The quantitative estimate of drug-likeness (QED) is 0.844. The summed E-state index contributed by atoms with van der Waals surface area (Å²) in [4.78, 5) is 4.75. The second kappa shape index (κ2) is 5.97. The van der Waals surface area contributed by atoms with E-state index >= 15 is 0 Å². The van der Waals surface area contributed by atoms with Crippen molar-refractivity contribution >= 4 is 11.8 Å². The number of nitrogens with two attached hydrogens (primary N) is 1. The summed E-state index contributed by atoms with van der Waals surface area (Å²) in [5.74, 6) is 1.18. The van der Waals surface area contributed by atoms with Crippen LogP contribution in [-0.2, 0) is 5.75 Å². The molecule has 1 atom stereocenters. The van der Waals surface area contributed by atoms with Crippen LogP contribution >= 0.6 is 11.8 Å². The van der Waals surface area contributed by atoms with Gasteiger partial charge in [0.25, 0.3) is 0 Å². The van der Waals surface area contributed by atoms with E-state index in [1.54, 1.807) is 18.2 Å². The van der Waals surface area contributed by atoms with E-state index in [1.807, 2.05) is 6.92 Å². The number of aromatic nitrogens is 2. The van der Waals surface area contributed by atoms with Crippen molar-refractivity contribution in [1.82, 2.24) is 10.1 Å². The zero-order valence-electron chi connectivity index (χ0n) is 9.97. The molecule has 0 radical (unpaired) electrons. The maximum Gasteiger partial charge on any atom is 0.243 e. The molecule has 0 saturated heterocycles. The van der Waals surface area contributed by atoms with Crippen molar-refractivity contribution in [3.05, 3.63) is 41.8 Å². The Morgan fingerprint density at radius 3 is 2.94 bits per heavy atom. The van der Waals surface area contributed by atoms with Crippen LogP contribution < -0.4 is 5.73 Å². The molecule has 0 aliphatic heterocycles. The molecule has 1 aromatic heterocycles. The van der Waals surface area contributed by atoms with Crippen LogP contribution in [0.5, 0.6) is 0 Å². The van der Waals surface area contributed by atoms with E-state index in [0.29, 0.717) is 22.4 Å².